The van der Waals surface area contributed by atoms with E-state index in [1.54, 1.807) is 6.08 Å². The molecule has 0 aromatic heterocycles. The molecular formula is C35H52O3. The molecule has 0 fully saturated rings. The molecule has 38 heavy (non-hydrogen) atoms. The second-order valence-corrected chi connectivity index (χ2v) is 10.4. The normalized spacial score (nSPS) is 11.2. The lowest BCUT2D eigenvalue weighted by molar-refractivity contribution is 0.104. The summed E-state index contributed by atoms with van der Waals surface area (Å²) in [6.07, 6.45) is 24.3. The van der Waals surface area contributed by atoms with Crippen molar-refractivity contribution in [1.29, 1.82) is 0 Å². The molecule has 0 saturated heterocycles. The van der Waals surface area contributed by atoms with Gasteiger partial charge in [0, 0.05) is 5.56 Å². The zero-order valence-electron chi connectivity index (χ0n) is 24.2. The van der Waals surface area contributed by atoms with Gasteiger partial charge >= 0.3 is 0 Å². The maximum atomic E-state index is 12.6. The molecule has 0 heterocycles. The number of hydrogen-bond acceptors (Lipinski definition) is 3. The van der Waals surface area contributed by atoms with Crippen LogP contribution in [-0.2, 0) is 0 Å². The van der Waals surface area contributed by atoms with E-state index in [4.69, 9.17) is 9.47 Å². The third-order valence-electron chi connectivity index (χ3n) is 6.98. The molecule has 0 radical (unpaired) electrons. The Labute approximate surface area is 233 Å². The molecule has 210 valence electrons. The Balaban J connectivity index is 1.58. The molecule has 2 aromatic carbocycles. The lowest BCUT2D eigenvalue weighted by atomic mass is 10.1. The molecular weight excluding hydrogens is 468 g/mol. The number of ether oxygens (including phenoxy) is 2. The Morgan fingerprint density at radius 2 is 0.947 bits per heavy atom. The quantitative estimate of drug-likeness (QED) is 0.0830. The van der Waals surface area contributed by atoms with Gasteiger partial charge in [0.1, 0.15) is 11.5 Å². The van der Waals surface area contributed by atoms with Crippen LogP contribution in [-0.4, -0.2) is 19.0 Å². The number of unbranched alkanes of at least 4 members (excludes halogenated alkanes) is 14. The van der Waals surface area contributed by atoms with Crippen LogP contribution in [0.15, 0.2) is 54.6 Å². The largest absolute Gasteiger partial charge is 0.494 e. The lowest BCUT2D eigenvalue weighted by Gasteiger charge is -2.07. The van der Waals surface area contributed by atoms with Crippen LogP contribution >= 0.6 is 0 Å². The highest BCUT2D eigenvalue weighted by Crippen LogP contribution is 2.17. The summed E-state index contributed by atoms with van der Waals surface area (Å²) >= 11 is 0. The molecule has 0 spiro atoms. The van der Waals surface area contributed by atoms with Gasteiger partial charge in [-0.2, -0.15) is 0 Å². The van der Waals surface area contributed by atoms with Gasteiger partial charge in [0.15, 0.2) is 5.78 Å². The average molecular weight is 521 g/mol. The maximum Gasteiger partial charge on any atom is 0.185 e. The first-order valence-corrected chi connectivity index (χ1v) is 15.4. The first-order valence-electron chi connectivity index (χ1n) is 15.4. The number of carbonyl (C=O) groups excluding carboxylic acids is 1. The van der Waals surface area contributed by atoms with Crippen LogP contribution in [0.4, 0.5) is 0 Å². The molecule has 0 N–H and O–H groups in total. The van der Waals surface area contributed by atoms with Crippen molar-refractivity contribution in [1.82, 2.24) is 0 Å². The van der Waals surface area contributed by atoms with Crippen molar-refractivity contribution in [3.63, 3.8) is 0 Å². The van der Waals surface area contributed by atoms with E-state index in [2.05, 4.69) is 13.8 Å². The number of allylic oxidation sites excluding steroid dienone is 1. The van der Waals surface area contributed by atoms with Gasteiger partial charge in [-0.1, -0.05) is 122 Å². The van der Waals surface area contributed by atoms with Crippen molar-refractivity contribution in [2.24, 2.45) is 0 Å². The molecule has 2 aromatic rings. The van der Waals surface area contributed by atoms with Crippen molar-refractivity contribution < 1.29 is 14.3 Å². The van der Waals surface area contributed by atoms with Gasteiger partial charge in [-0.05, 0) is 60.9 Å². The lowest BCUT2D eigenvalue weighted by Crippen LogP contribution is -1.99. The number of carbonyl (C=O) groups is 1. The minimum Gasteiger partial charge on any atom is -0.494 e. The number of hydrogen-bond donors (Lipinski definition) is 0. The molecule has 0 saturated carbocycles. The summed E-state index contributed by atoms with van der Waals surface area (Å²) in [5.41, 5.74) is 1.66. The van der Waals surface area contributed by atoms with E-state index >= 15 is 0 Å². The van der Waals surface area contributed by atoms with Crippen molar-refractivity contribution in [3.8, 4) is 11.5 Å². The van der Waals surface area contributed by atoms with Crippen molar-refractivity contribution in [3.05, 3.63) is 65.7 Å². The van der Waals surface area contributed by atoms with E-state index in [1.165, 1.54) is 89.9 Å². The smallest absolute Gasteiger partial charge is 0.185 e. The number of ketones is 1. The van der Waals surface area contributed by atoms with Crippen molar-refractivity contribution >= 4 is 11.9 Å². The molecule has 0 atom stereocenters. The third kappa shape index (κ3) is 15.0. The van der Waals surface area contributed by atoms with Gasteiger partial charge in [0.05, 0.1) is 13.2 Å². The highest BCUT2D eigenvalue weighted by molar-refractivity contribution is 6.06. The number of benzene rings is 2. The third-order valence-corrected chi connectivity index (χ3v) is 6.98. The van der Waals surface area contributed by atoms with E-state index in [0.717, 1.165) is 43.1 Å². The van der Waals surface area contributed by atoms with Crippen molar-refractivity contribution in [2.75, 3.05) is 13.2 Å². The SMILES string of the molecule is CCCCCCCCCCCCOc1ccc(/C=C/C(=O)c2ccc(OCCCCCCCC)cc2)cc1. The van der Waals surface area contributed by atoms with Gasteiger partial charge in [-0.15, -0.1) is 0 Å². The first-order chi connectivity index (χ1) is 18.7. The Morgan fingerprint density at radius 3 is 1.39 bits per heavy atom. The molecule has 0 amide bonds. The van der Waals surface area contributed by atoms with Crippen LogP contribution in [0.25, 0.3) is 6.08 Å². The van der Waals surface area contributed by atoms with E-state index < -0.39 is 0 Å². The topological polar surface area (TPSA) is 35.5 Å². The summed E-state index contributed by atoms with van der Waals surface area (Å²) in [5.74, 6) is 1.71. The summed E-state index contributed by atoms with van der Waals surface area (Å²) in [6.45, 7) is 6.01. The Morgan fingerprint density at radius 1 is 0.553 bits per heavy atom. The summed E-state index contributed by atoms with van der Waals surface area (Å²) in [4.78, 5) is 12.6. The Hall–Kier alpha value is -2.55. The second kappa shape index (κ2) is 21.4. The zero-order chi connectivity index (χ0) is 27.1. The Bertz CT molecular complexity index is 867. The van der Waals surface area contributed by atoms with Crippen LogP contribution in [0.1, 0.15) is 133 Å². The molecule has 0 bridgehead atoms. The van der Waals surface area contributed by atoms with Gasteiger partial charge in [0.25, 0.3) is 0 Å². The molecule has 3 heteroatoms. The fourth-order valence-electron chi connectivity index (χ4n) is 4.51. The van der Waals surface area contributed by atoms with Crippen LogP contribution in [0.3, 0.4) is 0 Å². The summed E-state index contributed by atoms with van der Waals surface area (Å²) in [7, 11) is 0. The van der Waals surface area contributed by atoms with E-state index in [-0.39, 0.29) is 5.78 Å². The molecule has 0 aliphatic rings. The zero-order valence-corrected chi connectivity index (χ0v) is 24.2. The van der Waals surface area contributed by atoms with Crippen molar-refractivity contribution in [2.45, 2.75) is 117 Å². The maximum absolute atomic E-state index is 12.6. The van der Waals surface area contributed by atoms with Gasteiger partial charge in [-0.3, -0.25) is 4.79 Å². The fraction of sp³-hybridized carbons (Fsp3) is 0.571. The standard InChI is InChI=1S/C35H52O3/c1-3-5-7-9-11-12-13-14-16-18-29-37-33-24-19-31(20-25-33)21-28-35(36)32-22-26-34(27-23-32)38-30-17-15-10-8-6-4-2/h19-28H,3-18,29-30H2,1-2H3/b28-21+. The Kier molecular flexibility index (Phi) is 17.8. The summed E-state index contributed by atoms with van der Waals surface area (Å²) in [6, 6.07) is 15.4. The highest BCUT2D eigenvalue weighted by Gasteiger charge is 2.03. The van der Waals surface area contributed by atoms with Crippen LogP contribution in [0.5, 0.6) is 11.5 Å². The minimum absolute atomic E-state index is 0.00578. The predicted octanol–water partition coefficient (Wildman–Crippen LogP) is 10.6. The summed E-state index contributed by atoms with van der Waals surface area (Å²) < 4.78 is 11.7. The first kappa shape index (κ1) is 31.7. The molecule has 2 rings (SSSR count). The van der Waals surface area contributed by atoms with Crippen LogP contribution in [0, 0.1) is 0 Å². The fourth-order valence-corrected chi connectivity index (χ4v) is 4.51. The average Bonchev–Trinajstić information content (AvgIpc) is 2.95. The number of rotatable bonds is 23. The highest BCUT2D eigenvalue weighted by atomic mass is 16.5. The monoisotopic (exact) mass is 520 g/mol. The molecule has 0 unspecified atom stereocenters. The van der Waals surface area contributed by atoms with Gasteiger partial charge < -0.3 is 9.47 Å². The molecule has 0 aliphatic heterocycles. The second-order valence-electron chi connectivity index (χ2n) is 10.4. The van der Waals surface area contributed by atoms with Gasteiger partial charge in [-0.25, -0.2) is 0 Å². The van der Waals surface area contributed by atoms with Crippen LogP contribution in [0.2, 0.25) is 0 Å². The molecule has 3 nitrogen and oxygen atoms in total. The van der Waals surface area contributed by atoms with Gasteiger partial charge in [0.2, 0.25) is 0 Å². The minimum atomic E-state index is -0.00578. The summed E-state index contributed by atoms with van der Waals surface area (Å²) in [5, 5.41) is 0. The predicted molar refractivity (Wildman–Crippen MR) is 162 cm³/mol. The molecule has 0 aliphatic carbocycles. The van der Waals surface area contributed by atoms with E-state index in [1.807, 2.05) is 54.6 Å². The van der Waals surface area contributed by atoms with Crippen LogP contribution < -0.4 is 9.47 Å². The van der Waals surface area contributed by atoms with E-state index in [9.17, 15) is 4.79 Å². The van der Waals surface area contributed by atoms with E-state index in [0.29, 0.717) is 5.56 Å².